The summed E-state index contributed by atoms with van der Waals surface area (Å²) < 4.78 is 32.7. The lowest BCUT2D eigenvalue weighted by Gasteiger charge is -2.15. The summed E-state index contributed by atoms with van der Waals surface area (Å²) in [4.78, 5) is 27.3. The number of carbonyl (C=O) groups excluding carboxylic acids is 2. The maximum absolute atomic E-state index is 13.8. The molecule has 1 heterocycles. The van der Waals surface area contributed by atoms with Crippen LogP contribution in [0.25, 0.3) is 5.57 Å². The molecule has 0 saturated carbocycles. The molecule has 0 bridgehead atoms. The molecule has 0 radical (unpaired) electrons. The first-order valence-electron chi connectivity index (χ1n) is 9.63. The lowest BCUT2D eigenvalue weighted by Crippen LogP contribution is -2.32. The number of carbonyl (C=O) groups is 2. The second-order valence-corrected chi connectivity index (χ2v) is 6.75. The summed E-state index contributed by atoms with van der Waals surface area (Å²) in [6.45, 7) is 2.33. The number of benzene rings is 3. The van der Waals surface area contributed by atoms with Crippen molar-refractivity contribution < 1.29 is 23.1 Å². The van der Waals surface area contributed by atoms with Gasteiger partial charge in [0, 0.05) is 17.8 Å². The minimum Gasteiger partial charge on any atom is -0.494 e. The molecule has 31 heavy (non-hydrogen) atoms. The van der Waals surface area contributed by atoms with Crippen LogP contribution in [0.15, 0.2) is 78.5 Å². The topological polar surface area (TPSA) is 58.6 Å². The molecule has 7 heteroatoms. The third-order valence-corrected chi connectivity index (χ3v) is 4.72. The van der Waals surface area contributed by atoms with Crippen molar-refractivity contribution in [3.05, 3.63) is 95.7 Å². The van der Waals surface area contributed by atoms with E-state index >= 15 is 0 Å². The normalized spacial score (nSPS) is 13.7. The van der Waals surface area contributed by atoms with Gasteiger partial charge in [-0.05, 0) is 36.8 Å². The molecule has 3 aromatic carbocycles. The molecule has 0 spiro atoms. The van der Waals surface area contributed by atoms with Gasteiger partial charge in [0.05, 0.1) is 17.9 Å². The predicted octanol–water partition coefficient (Wildman–Crippen LogP) is 4.76. The van der Waals surface area contributed by atoms with Gasteiger partial charge in [0.15, 0.2) is 11.6 Å². The number of amides is 2. The lowest BCUT2D eigenvalue weighted by atomic mass is 10.0. The smallest absolute Gasteiger partial charge is 0.282 e. The Balaban J connectivity index is 1.79. The predicted molar refractivity (Wildman–Crippen MR) is 113 cm³/mol. The Morgan fingerprint density at radius 2 is 1.65 bits per heavy atom. The summed E-state index contributed by atoms with van der Waals surface area (Å²) in [7, 11) is 0. The number of anilines is 2. The van der Waals surface area contributed by atoms with Crippen LogP contribution in [-0.2, 0) is 9.59 Å². The van der Waals surface area contributed by atoms with Gasteiger partial charge in [-0.15, -0.1) is 0 Å². The molecule has 1 N–H and O–H groups in total. The van der Waals surface area contributed by atoms with Crippen LogP contribution in [0.2, 0.25) is 0 Å². The second kappa shape index (κ2) is 8.39. The van der Waals surface area contributed by atoms with E-state index in [9.17, 15) is 18.4 Å². The standard InChI is InChI=1S/C24H18F2N2O3/c1-2-31-18-10-6-9-16(13-18)27-22-21(15-7-4-3-5-8-15)23(29)28(24(22)30)17-11-12-19(25)20(26)14-17/h3-14,27H,2H2,1H3. The summed E-state index contributed by atoms with van der Waals surface area (Å²) in [6, 6.07) is 18.5. The number of imide groups is 1. The minimum absolute atomic E-state index is 0.0366. The fourth-order valence-electron chi connectivity index (χ4n) is 3.35. The first-order chi connectivity index (χ1) is 15.0. The maximum atomic E-state index is 13.8. The summed E-state index contributed by atoms with van der Waals surface area (Å²) in [6.07, 6.45) is 0. The highest BCUT2D eigenvalue weighted by Crippen LogP contribution is 2.34. The van der Waals surface area contributed by atoms with Gasteiger partial charge < -0.3 is 10.1 Å². The van der Waals surface area contributed by atoms with Crippen molar-refractivity contribution in [3.63, 3.8) is 0 Å². The molecule has 1 aliphatic heterocycles. The van der Waals surface area contributed by atoms with Gasteiger partial charge in [-0.25, -0.2) is 13.7 Å². The SMILES string of the molecule is CCOc1cccc(NC2=C(c3ccccc3)C(=O)N(c3ccc(F)c(F)c3)C2=O)c1. The minimum atomic E-state index is -1.15. The first kappa shape index (κ1) is 20.3. The number of hydrogen-bond acceptors (Lipinski definition) is 4. The summed E-state index contributed by atoms with van der Waals surface area (Å²) >= 11 is 0. The monoisotopic (exact) mass is 420 g/mol. The van der Waals surface area contributed by atoms with Gasteiger partial charge in [-0.3, -0.25) is 9.59 Å². The van der Waals surface area contributed by atoms with E-state index in [1.54, 1.807) is 54.6 Å². The van der Waals surface area contributed by atoms with Gasteiger partial charge in [0.1, 0.15) is 11.4 Å². The number of nitrogens with one attached hydrogen (secondary N) is 1. The van der Waals surface area contributed by atoms with E-state index in [0.717, 1.165) is 17.0 Å². The van der Waals surface area contributed by atoms with E-state index < -0.39 is 23.4 Å². The zero-order valence-electron chi connectivity index (χ0n) is 16.6. The van der Waals surface area contributed by atoms with E-state index in [1.165, 1.54) is 6.07 Å². The van der Waals surface area contributed by atoms with Gasteiger partial charge in [-0.1, -0.05) is 36.4 Å². The number of halogens is 2. The molecule has 0 unspecified atom stereocenters. The first-order valence-corrected chi connectivity index (χ1v) is 9.63. The van der Waals surface area contributed by atoms with Crippen LogP contribution >= 0.6 is 0 Å². The Morgan fingerprint density at radius 3 is 2.35 bits per heavy atom. The Morgan fingerprint density at radius 1 is 0.871 bits per heavy atom. The third kappa shape index (κ3) is 3.90. The fraction of sp³-hybridized carbons (Fsp3) is 0.0833. The van der Waals surface area contributed by atoms with Crippen LogP contribution in [0.3, 0.4) is 0 Å². The highest BCUT2D eigenvalue weighted by Gasteiger charge is 2.40. The molecule has 1 aliphatic rings. The molecule has 5 nitrogen and oxygen atoms in total. The lowest BCUT2D eigenvalue weighted by molar-refractivity contribution is -0.120. The van der Waals surface area contributed by atoms with Crippen LogP contribution in [0.5, 0.6) is 5.75 Å². The summed E-state index contributed by atoms with van der Waals surface area (Å²) in [5.41, 5.74) is 1.19. The maximum Gasteiger partial charge on any atom is 0.282 e. The van der Waals surface area contributed by atoms with Gasteiger partial charge >= 0.3 is 0 Å². The molecule has 0 fully saturated rings. The van der Waals surface area contributed by atoms with E-state index in [1.807, 2.05) is 6.92 Å². The average molecular weight is 420 g/mol. The van der Waals surface area contributed by atoms with Crippen LogP contribution in [-0.4, -0.2) is 18.4 Å². The molecule has 0 aromatic heterocycles. The molecule has 4 rings (SSSR count). The van der Waals surface area contributed by atoms with Crippen molar-refractivity contribution in [1.29, 1.82) is 0 Å². The molecule has 0 atom stereocenters. The molecule has 3 aromatic rings. The molecule has 2 amide bonds. The zero-order valence-corrected chi connectivity index (χ0v) is 16.6. The van der Waals surface area contributed by atoms with Crippen molar-refractivity contribution in [2.24, 2.45) is 0 Å². The molecular formula is C24H18F2N2O3. The number of ether oxygens (including phenoxy) is 1. The van der Waals surface area contributed by atoms with Crippen molar-refractivity contribution >= 4 is 28.8 Å². The number of rotatable bonds is 6. The van der Waals surface area contributed by atoms with Crippen molar-refractivity contribution in [2.45, 2.75) is 6.92 Å². The van der Waals surface area contributed by atoms with Gasteiger partial charge in [-0.2, -0.15) is 0 Å². The van der Waals surface area contributed by atoms with Crippen LogP contribution in [0.1, 0.15) is 12.5 Å². The van der Waals surface area contributed by atoms with E-state index in [-0.39, 0.29) is 17.0 Å². The Kier molecular flexibility index (Phi) is 5.49. The van der Waals surface area contributed by atoms with Crippen molar-refractivity contribution in [2.75, 3.05) is 16.8 Å². The number of hydrogen-bond donors (Lipinski definition) is 1. The van der Waals surface area contributed by atoms with Crippen LogP contribution < -0.4 is 15.0 Å². The zero-order chi connectivity index (χ0) is 22.0. The Bertz CT molecular complexity index is 1190. The summed E-state index contributed by atoms with van der Waals surface area (Å²) in [5.74, 6) is -2.92. The van der Waals surface area contributed by atoms with Crippen molar-refractivity contribution in [1.82, 2.24) is 0 Å². The third-order valence-electron chi connectivity index (χ3n) is 4.72. The van der Waals surface area contributed by atoms with E-state index in [2.05, 4.69) is 5.32 Å². The average Bonchev–Trinajstić information content (AvgIpc) is 3.01. The van der Waals surface area contributed by atoms with Gasteiger partial charge in [0.25, 0.3) is 11.8 Å². The molecular weight excluding hydrogens is 402 g/mol. The molecule has 0 saturated heterocycles. The molecule has 156 valence electrons. The fourth-order valence-corrected chi connectivity index (χ4v) is 3.35. The molecule has 0 aliphatic carbocycles. The van der Waals surface area contributed by atoms with E-state index in [4.69, 9.17) is 4.74 Å². The largest absolute Gasteiger partial charge is 0.494 e. The quantitative estimate of drug-likeness (QED) is 0.584. The highest BCUT2D eigenvalue weighted by atomic mass is 19.2. The Labute approximate surface area is 177 Å². The summed E-state index contributed by atoms with van der Waals surface area (Å²) in [5, 5.41) is 3.01. The number of nitrogens with zero attached hydrogens (tertiary/aromatic N) is 1. The van der Waals surface area contributed by atoms with E-state index in [0.29, 0.717) is 23.6 Å². The Hall–Kier alpha value is -4.00. The van der Waals surface area contributed by atoms with Crippen LogP contribution in [0.4, 0.5) is 20.2 Å². The van der Waals surface area contributed by atoms with Crippen molar-refractivity contribution in [3.8, 4) is 5.75 Å². The highest BCUT2D eigenvalue weighted by molar-refractivity contribution is 6.46. The van der Waals surface area contributed by atoms with Gasteiger partial charge in [0.2, 0.25) is 0 Å². The van der Waals surface area contributed by atoms with Crippen LogP contribution in [0, 0.1) is 11.6 Å². The second-order valence-electron chi connectivity index (χ2n) is 6.75.